The largest absolute Gasteiger partial charge is 0.391 e. The molecule has 3 heterocycles. The standard InChI is InChI=1S/C21H38F4N6O/c1-3-15(18-28-12(2)32-30-18)29-19-17(22)20(27-11-26-19)31-10-4-5-16(31)13-6-8-14(9-7-13)21(23,24)25/h12-20,26-30H,3-11H2,1-2H3. The molecule has 4 rings (SSSR count). The third-order valence-electron chi connectivity index (χ3n) is 7.75. The minimum atomic E-state index is -4.10. The lowest BCUT2D eigenvalue weighted by Crippen LogP contribution is -2.71. The first-order valence-electron chi connectivity index (χ1n) is 12.1. The average molecular weight is 467 g/mol. The second kappa shape index (κ2) is 10.4. The summed E-state index contributed by atoms with van der Waals surface area (Å²) in [5.41, 5.74) is 2.96. The van der Waals surface area contributed by atoms with Gasteiger partial charge in [0, 0.05) is 25.3 Å². The van der Waals surface area contributed by atoms with Gasteiger partial charge in [0.1, 0.15) is 6.23 Å². The number of nitrogens with zero attached hydrogens (tertiary/aromatic N) is 1. The Morgan fingerprint density at radius 1 is 1.12 bits per heavy atom. The molecule has 3 saturated heterocycles. The van der Waals surface area contributed by atoms with E-state index in [4.69, 9.17) is 4.84 Å². The number of likely N-dealkylation sites (tertiary alicyclic amines) is 1. The molecule has 0 spiro atoms. The maximum absolute atomic E-state index is 15.7. The summed E-state index contributed by atoms with van der Waals surface area (Å²) in [4.78, 5) is 7.56. The van der Waals surface area contributed by atoms with Gasteiger partial charge in [0.15, 0.2) is 6.17 Å². The highest BCUT2D eigenvalue weighted by molar-refractivity contribution is 4.98. The molecular formula is C21H38F4N6O. The third kappa shape index (κ3) is 5.39. The van der Waals surface area contributed by atoms with Crippen molar-refractivity contribution in [2.45, 2.75) is 108 Å². The van der Waals surface area contributed by atoms with E-state index in [0.717, 1.165) is 25.8 Å². The molecule has 7 nitrogen and oxygen atoms in total. The second-order valence-corrected chi connectivity index (χ2v) is 9.76. The summed E-state index contributed by atoms with van der Waals surface area (Å²) in [7, 11) is 0. The molecule has 32 heavy (non-hydrogen) atoms. The quantitative estimate of drug-likeness (QED) is 0.384. The van der Waals surface area contributed by atoms with E-state index in [1.165, 1.54) is 0 Å². The van der Waals surface area contributed by atoms with E-state index in [1.54, 1.807) is 0 Å². The molecule has 0 bridgehead atoms. The summed E-state index contributed by atoms with van der Waals surface area (Å²) in [6.07, 6.45) is -2.25. The topological polar surface area (TPSA) is 72.6 Å². The summed E-state index contributed by atoms with van der Waals surface area (Å²) in [5, 5.41) is 13.2. The molecule has 11 heteroatoms. The predicted molar refractivity (Wildman–Crippen MR) is 113 cm³/mol. The van der Waals surface area contributed by atoms with Gasteiger partial charge in [0.25, 0.3) is 0 Å². The van der Waals surface area contributed by atoms with Crippen LogP contribution >= 0.6 is 0 Å². The van der Waals surface area contributed by atoms with E-state index in [0.29, 0.717) is 19.5 Å². The monoisotopic (exact) mass is 466 g/mol. The molecule has 0 radical (unpaired) electrons. The normalized spacial score (nSPS) is 42.9. The molecule has 7 unspecified atom stereocenters. The number of halogens is 4. The zero-order valence-corrected chi connectivity index (χ0v) is 18.9. The van der Waals surface area contributed by atoms with Crippen molar-refractivity contribution >= 4 is 0 Å². The number of nitrogens with one attached hydrogen (secondary N) is 5. The molecule has 4 aliphatic rings. The van der Waals surface area contributed by atoms with E-state index in [1.807, 2.05) is 13.8 Å². The first-order valence-corrected chi connectivity index (χ1v) is 12.1. The predicted octanol–water partition coefficient (Wildman–Crippen LogP) is 2.12. The van der Waals surface area contributed by atoms with Crippen LogP contribution in [0, 0.1) is 11.8 Å². The number of hydrogen-bond donors (Lipinski definition) is 5. The van der Waals surface area contributed by atoms with E-state index in [2.05, 4.69) is 31.6 Å². The van der Waals surface area contributed by atoms with Crippen LogP contribution in [0.25, 0.3) is 0 Å². The molecular weight excluding hydrogens is 428 g/mol. The van der Waals surface area contributed by atoms with Crippen LogP contribution in [0.15, 0.2) is 0 Å². The Kier molecular flexibility index (Phi) is 7.96. The van der Waals surface area contributed by atoms with Crippen molar-refractivity contribution in [1.82, 2.24) is 31.6 Å². The van der Waals surface area contributed by atoms with Gasteiger partial charge in [-0.15, -0.1) is 0 Å². The van der Waals surface area contributed by atoms with Crippen LogP contribution in [-0.4, -0.2) is 67.3 Å². The number of hydroxylamine groups is 1. The van der Waals surface area contributed by atoms with Crippen molar-refractivity contribution in [3.63, 3.8) is 0 Å². The Hall–Kier alpha value is -0.560. The fraction of sp³-hybridized carbons (Fsp3) is 1.00. The van der Waals surface area contributed by atoms with Crippen molar-refractivity contribution in [2.24, 2.45) is 11.8 Å². The van der Waals surface area contributed by atoms with Crippen LogP contribution in [0.4, 0.5) is 17.6 Å². The Morgan fingerprint density at radius 3 is 2.50 bits per heavy atom. The first-order chi connectivity index (χ1) is 15.3. The van der Waals surface area contributed by atoms with Crippen molar-refractivity contribution in [3.8, 4) is 0 Å². The highest BCUT2D eigenvalue weighted by atomic mass is 19.4. The van der Waals surface area contributed by atoms with Gasteiger partial charge >= 0.3 is 6.18 Å². The molecule has 1 saturated carbocycles. The Balaban J connectivity index is 1.36. The summed E-state index contributed by atoms with van der Waals surface area (Å²) < 4.78 is 55.0. The van der Waals surface area contributed by atoms with Crippen LogP contribution < -0.4 is 26.7 Å². The lowest BCUT2D eigenvalue weighted by Gasteiger charge is -2.46. The smallest absolute Gasteiger partial charge is 0.294 e. The van der Waals surface area contributed by atoms with Crippen LogP contribution in [-0.2, 0) is 4.84 Å². The summed E-state index contributed by atoms with van der Waals surface area (Å²) >= 11 is 0. The molecule has 5 N–H and O–H groups in total. The summed E-state index contributed by atoms with van der Waals surface area (Å²) in [6, 6.07) is 0.120. The minimum Gasteiger partial charge on any atom is -0.294 e. The van der Waals surface area contributed by atoms with Gasteiger partial charge in [-0.3, -0.25) is 31.0 Å². The highest BCUT2D eigenvalue weighted by Crippen LogP contribution is 2.43. The van der Waals surface area contributed by atoms with Crippen molar-refractivity contribution in [2.75, 3.05) is 13.2 Å². The summed E-state index contributed by atoms with van der Waals surface area (Å²) in [5.74, 6) is -0.969. The van der Waals surface area contributed by atoms with Gasteiger partial charge in [-0.25, -0.2) is 4.39 Å². The zero-order valence-electron chi connectivity index (χ0n) is 18.9. The molecule has 0 aromatic heterocycles. The SMILES string of the molecule is CCC(NC1NCNC(N2CCCC2C2CCC(C(F)(F)F)CC2)C1F)C1NOC(C)N1. The van der Waals surface area contributed by atoms with E-state index in [-0.39, 0.29) is 43.2 Å². The van der Waals surface area contributed by atoms with Crippen molar-refractivity contribution < 1.29 is 22.4 Å². The third-order valence-corrected chi connectivity index (χ3v) is 7.75. The van der Waals surface area contributed by atoms with Crippen LogP contribution in [0.3, 0.4) is 0 Å². The average Bonchev–Trinajstić information content (AvgIpc) is 3.42. The molecule has 0 aromatic carbocycles. The highest BCUT2D eigenvalue weighted by Gasteiger charge is 2.47. The molecule has 1 aliphatic carbocycles. The molecule has 7 atom stereocenters. The van der Waals surface area contributed by atoms with Gasteiger partial charge in [0.05, 0.1) is 24.4 Å². The zero-order chi connectivity index (χ0) is 22.9. The number of alkyl halides is 4. The Bertz CT molecular complexity index is 605. The van der Waals surface area contributed by atoms with E-state index >= 15 is 4.39 Å². The lowest BCUT2D eigenvalue weighted by atomic mass is 9.77. The van der Waals surface area contributed by atoms with Gasteiger partial charge < -0.3 is 0 Å². The maximum Gasteiger partial charge on any atom is 0.391 e. The van der Waals surface area contributed by atoms with E-state index < -0.39 is 30.6 Å². The summed E-state index contributed by atoms with van der Waals surface area (Å²) in [6.45, 7) is 5.21. The molecule has 0 amide bonds. The van der Waals surface area contributed by atoms with Gasteiger partial charge in [-0.2, -0.15) is 18.7 Å². The second-order valence-electron chi connectivity index (χ2n) is 9.76. The van der Waals surface area contributed by atoms with E-state index in [9.17, 15) is 13.2 Å². The van der Waals surface area contributed by atoms with Crippen LogP contribution in [0.2, 0.25) is 0 Å². The van der Waals surface area contributed by atoms with Crippen molar-refractivity contribution in [1.29, 1.82) is 0 Å². The minimum absolute atomic E-state index is 0.0264. The number of hydrogen-bond acceptors (Lipinski definition) is 7. The van der Waals surface area contributed by atoms with Gasteiger partial charge in [-0.1, -0.05) is 6.92 Å². The van der Waals surface area contributed by atoms with Gasteiger partial charge in [0.2, 0.25) is 0 Å². The molecule has 186 valence electrons. The maximum atomic E-state index is 15.7. The fourth-order valence-electron chi connectivity index (χ4n) is 6.00. The Labute approximate surface area is 187 Å². The van der Waals surface area contributed by atoms with Crippen LogP contribution in [0.5, 0.6) is 0 Å². The Morgan fingerprint density at radius 2 is 1.88 bits per heavy atom. The molecule has 3 aliphatic heterocycles. The first kappa shape index (κ1) is 24.6. The fourth-order valence-corrected chi connectivity index (χ4v) is 6.00. The molecule has 0 aromatic rings. The van der Waals surface area contributed by atoms with Crippen molar-refractivity contribution in [3.05, 3.63) is 0 Å². The molecule has 4 fully saturated rings. The number of rotatable bonds is 6. The van der Waals surface area contributed by atoms with Gasteiger partial charge in [-0.05, 0) is 57.8 Å². The van der Waals surface area contributed by atoms with Crippen LogP contribution in [0.1, 0.15) is 58.8 Å². The lowest BCUT2D eigenvalue weighted by molar-refractivity contribution is -0.185.